The Bertz CT molecular complexity index is 1140. The van der Waals surface area contributed by atoms with E-state index in [0.717, 1.165) is 0 Å². The number of thiazole rings is 1. The topological polar surface area (TPSA) is 86.4 Å². The van der Waals surface area contributed by atoms with Gasteiger partial charge in [-0.1, -0.05) is 23.4 Å². The molecule has 3 aromatic heterocycles. The summed E-state index contributed by atoms with van der Waals surface area (Å²) in [6, 6.07) is 9.98. The molecule has 0 unspecified atom stereocenters. The zero-order valence-corrected chi connectivity index (χ0v) is 15.4. The van der Waals surface area contributed by atoms with Crippen molar-refractivity contribution in [3.63, 3.8) is 0 Å². The number of amides is 1. The monoisotopic (exact) mass is 398 g/mol. The maximum atomic E-state index is 13.9. The SMILES string of the molecule is O=C(CCc1nc(-c2ccco2)no1)N=c1sccn1Cc1ccccc1F. The van der Waals surface area contributed by atoms with Gasteiger partial charge in [0, 0.05) is 30.0 Å². The summed E-state index contributed by atoms with van der Waals surface area (Å²) in [6.45, 7) is 0.304. The lowest BCUT2D eigenvalue weighted by atomic mass is 10.2. The average molecular weight is 398 g/mol. The predicted molar refractivity (Wildman–Crippen MR) is 98.7 cm³/mol. The first-order valence-corrected chi connectivity index (χ1v) is 9.38. The highest BCUT2D eigenvalue weighted by Gasteiger charge is 2.12. The van der Waals surface area contributed by atoms with Crippen LogP contribution in [0.5, 0.6) is 0 Å². The second kappa shape index (κ2) is 8.13. The van der Waals surface area contributed by atoms with Gasteiger partial charge in [0.15, 0.2) is 10.6 Å². The molecule has 9 heteroatoms. The van der Waals surface area contributed by atoms with Crippen LogP contribution in [0.3, 0.4) is 0 Å². The number of aromatic nitrogens is 3. The zero-order chi connectivity index (χ0) is 19.3. The fourth-order valence-corrected chi connectivity index (χ4v) is 3.30. The maximum Gasteiger partial charge on any atom is 0.248 e. The van der Waals surface area contributed by atoms with E-state index in [4.69, 9.17) is 8.94 Å². The van der Waals surface area contributed by atoms with Gasteiger partial charge >= 0.3 is 0 Å². The van der Waals surface area contributed by atoms with Gasteiger partial charge in [0.1, 0.15) is 5.82 Å². The molecule has 0 aliphatic carbocycles. The molecule has 0 radical (unpaired) electrons. The van der Waals surface area contributed by atoms with Crippen LogP contribution in [0.1, 0.15) is 17.9 Å². The third-order valence-corrected chi connectivity index (χ3v) is 4.74. The van der Waals surface area contributed by atoms with Crippen molar-refractivity contribution in [2.45, 2.75) is 19.4 Å². The first-order valence-electron chi connectivity index (χ1n) is 8.50. The van der Waals surface area contributed by atoms with Crippen LogP contribution < -0.4 is 4.80 Å². The lowest BCUT2D eigenvalue weighted by Crippen LogP contribution is -2.17. The second-order valence-corrected chi connectivity index (χ2v) is 6.77. The van der Waals surface area contributed by atoms with Crippen molar-refractivity contribution in [2.24, 2.45) is 4.99 Å². The number of hydrogen-bond donors (Lipinski definition) is 0. The Morgan fingerprint density at radius 2 is 2.14 bits per heavy atom. The maximum absolute atomic E-state index is 13.9. The van der Waals surface area contributed by atoms with E-state index in [0.29, 0.717) is 34.4 Å². The largest absolute Gasteiger partial charge is 0.461 e. The van der Waals surface area contributed by atoms with Gasteiger partial charge in [-0.3, -0.25) is 4.79 Å². The number of benzene rings is 1. The number of carbonyl (C=O) groups is 1. The molecule has 7 nitrogen and oxygen atoms in total. The number of aryl methyl sites for hydroxylation is 1. The molecule has 0 saturated carbocycles. The van der Waals surface area contributed by atoms with Crippen LogP contribution in [-0.4, -0.2) is 20.6 Å². The summed E-state index contributed by atoms with van der Waals surface area (Å²) in [4.78, 5) is 21.1. The molecule has 28 heavy (non-hydrogen) atoms. The van der Waals surface area contributed by atoms with Gasteiger partial charge in [-0.25, -0.2) is 4.39 Å². The number of halogens is 1. The van der Waals surface area contributed by atoms with Gasteiger partial charge in [-0.15, -0.1) is 11.3 Å². The van der Waals surface area contributed by atoms with Gasteiger partial charge < -0.3 is 13.5 Å². The van der Waals surface area contributed by atoms with Crippen LogP contribution in [0.4, 0.5) is 4.39 Å². The van der Waals surface area contributed by atoms with E-state index < -0.39 is 0 Å². The quantitative estimate of drug-likeness (QED) is 0.497. The molecule has 142 valence electrons. The van der Waals surface area contributed by atoms with Crippen LogP contribution in [0.25, 0.3) is 11.6 Å². The van der Waals surface area contributed by atoms with Crippen LogP contribution in [0, 0.1) is 5.82 Å². The molecule has 0 aliphatic rings. The van der Waals surface area contributed by atoms with E-state index in [1.54, 1.807) is 46.5 Å². The number of nitrogens with zero attached hydrogens (tertiary/aromatic N) is 4. The standard InChI is InChI=1S/C19H15FN4O3S/c20-14-5-2-1-4-13(14)12-24-9-11-28-19(24)21-16(25)7-8-17-22-18(23-27-17)15-6-3-10-26-15/h1-6,9-11H,7-8,12H2. The molecule has 0 bridgehead atoms. The van der Waals surface area contributed by atoms with E-state index in [1.807, 2.05) is 0 Å². The highest BCUT2D eigenvalue weighted by atomic mass is 32.1. The highest BCUT2D eigenvalue weighted by Crippen LogP contribution is 2.16. The summed E-state index contributed by atoms with van der Waals surface area (Å²) >= 11 is 1.32. The minimum Gasteiger partial charge on any atom is -0.461 e. The fraction of sp³-hybridized carbons (Fsp3) is 0.158. The van der Waals surface area contributed by atoms with Crippen molar-refractivity contribution in [3.05, 3.63) is 76.3 Å². The molecule has 0 spiro atoms. The normalized spacial score (nSPS) is 11.8. The summed E-state index contributed by atoms with van der Waals surface area (Å²) in [7, 11) is 0. The molecular weight excluding hydrogens is 383 g/mol. The minimum absolute atomic E-state index is 0.122. The van der Waals surface area contributed by atoms with Crippen molar-refractivity contribution in [2.75, 3.05) is 0 Å². The van der Waals surface area contributed by atoms with Crippen molar-refractivity contribution < 1.29 is 18.1 Å². The second-order valence-electron chi connectivity index (χ2n) is 5.90. The highest BCUT2D eigenvalue weighted by molar-refractivity contribution is 7.07. The minimum atomic E-state index is -0.317. The van der Waals surface area contributed by atoms with Crippen LogP contribution in [0.2, 0.25) is 0 Å². The summed E-state index contributed by atoms with van der Waals surface area (Å²) < 4.78 is 25.9. The van der Waals surface area contributed by atoms with E-state index in [9.17, 15) is 9.18 Å². The third kappa shape index (κ3) is 4.15. The van der Waals surface area contributed by atoms with Gasteiger partial charge in [0.05, 0.1) is 12.8 Å². The molecule has 3 heterocycles. The molecule has 1 aromatic carbocycles. The first kappa shape index (κ1) is 18.1. The Balaban J connectivity index is 1.42. The van der Waals surface area contributed by atoms with Gasteiger partial charge in [0.2, 0.25) is 17.6 Å². The number of carbonyl (C=O) groups excluding carboxylic acids is 1. The zero-order valence-electron chi connectivity index (χ0n) is 14.6. The first-order chi connectivity index (χ1) is 13.7. The van der Waals surface area contributed by atoms with E-state index >= 15 is 0 Å². The predicted octanol–water partition coefficient (Wildman–Crippen LogP) is 3.44. The molecule has 0 atom stereocenters. The number of rotatable bonds is 6. The van der Waals surface area contributed by atoms with Gasteiger partial charge in [-0.2, -0.15) is 9.98 Å². The van der Waals surface area contributed by atoms with Gasteiger partial charge in [-0.05, 0) is 18.2 Å². The molecule has 0 aliphatic heterocycles. The van der Waals surface area contributed by atoms with E-state index in [-0.39, 0.29) is 24.6 Å². The Morgan fingerprint density at radius 1 is 1.25 bits per heavy atom. The van der Waals surface area contributed by atoms with Gasteiger partial charge in [0.25, 0.3) is 0 Å². The van der Waals surface area contributed by atoms with E-state index in [2.05, 4.69) is 15.1 Å². The molecule has 0 saturated heterocycles. The third-order valence-electron chi connectivity index (χ3n) is 3.94. The van der Waals surface area contributed by atoms with E-state index in [1.165, 1.54) is 23.7 Å². The lowest BCUT2D eigenvalue weighted by Gasteiger charge is -2.04. The molecule has 0 fully saturated rings. The Labute approximate surface area is 162 Å². The number of hydrogen-bond acceptors (Lipinski definition) is 6. The summed E-state index contributed by atoms with van der Waals surface area (Å²) in [5.41, 5.74) is 0.533. The van der Waals surface area contributed by atoms with Crippen molar-refractivity contribution >= 4 is 17.2 Å². The van der Waals surface area contributed by atoms with Crippen molar-refractivity contribution in [1.82, 2.24) is 14.7 Å². The smallest absolute Gasteiger partial charge is 0.248 e. The molecule has 4 rings (SSSR count). The Morgan fingerprint density at radius 3 is 2.96 bits per heavy atom. The Kier molecular flexibility index (Phi) is 5.24. The summed E-state index contributed by atoms with van der Waals surface area (Å²) in [5, 5.41) is 5.63. The van der Waals surface area contributed by atoms with Crippen molar-refractivity contribution in [1.29, 1.82) is 0 Å². The van der Waals surface area contributed by atoms with Crippen LogP contribution in [0.15, 0.2) is 68.2 Å². The molecular formula is C19H15FN4O3S. The van der Waals surface area contributed by atoms with Crippen LogP contribution >= 0.6 is 11.3 Å². The Hall–Kier alpha value is -3.33. The molecule has 0 N–H and O–H groups in total. The number of furan rings is 1. The van der Waals surface area contributed by atoms with Crippen molar-refractivity contribution in [3.8, 4) is 11.6 Å². The fourth-order valence-electron chi connectivity index (χ4n) is 2.56. The average Bonchev–Trinajstić information content (AvgIpc) is 3.44. The molecule has 1 amide bonds. The van der Waals surface area contributed by atoms with Crippen LogP contribution in [-0.2, 0) is 17.8 Å². The summed E-state index contributed by atoms with van der Waals surface area (Å²) in [6.07, 6.45) is 3.69. The molecule has 4 aromatic rings. The lowest BCUT2D eigenvalue weighted by molar-refractivity contribution is -0.118. The summed E-state index contributed by atoms with van der Waals surface area (Å²) in [5.74, 6) is 0.564.